The predicted octanol–water partition coefficient (Wildman–Crippen LogP) is 0.557. The van der Waals surface area contributed by atoms with E-state index < -0.39 is 5.97 Å². The highest BCUT2D eigenvalue weighted by molar-refractivity contribution is 5.83. The van der Waals surface area contributed by atoms with Crippen LogP contribution in [0.25, 0.3) is 0 Å². The number of aromatic nitrogens is 3. The summed E-state index contributed by atoms with van der Waals surface area (Å²) < 4.78 is 1.50. The van der Waals surface area contributed by atoms with Crippen molar-refractivity contribution in [1.29, 1.82) is 0 Å². The number of hydrogen-bond donors (Lipinski definition) is 1. The maximum Gasteiger partial charge on any atom is 0.374 e. The highest BCUT2D eigenvalue weighted by Gasteiger charge is 2.13. The average molecular weight is 155 g/mol. The summed E-state index contributed by atoms with van der Waals surface area (Å²) >= 11 is 0. The second-order valence-electron chi connectivity index (χ2n) is 2.46. The third kappa shape index (κ3) is 1.36. The molecule has 0 saturated heterocycles. The SMILES string of the molecule is CC(C)n1cnnc1C(=O)O. The van der Waals surface area contributed by atoms with Gasteiger partial charge in [-0.1, -0.05) is 0 Å². The van der Waals surface area contributed by atoms with E-state index in [9.17, 15) is 4.79 Å². The normalized spacial score (nSPS) is 10.5. The summed E-state index contributed by atoms with van der Waals surface area (Å²) in [7, 11) is 0. The molecule has 1 aromatic rings. The first-order valence-electron chi connectivity index (χ1n) is 3.25. The van der Waals surface area contributed by atoms with Crippen LogP contribution in [0.15, 0.2) is 6.33 Å². The molecule has 1 aromatic heterocycles. The minimum Gasteiger partial charge on any atom is -0.475 e. The van der Waals surface area contributed by atoms with Crippen LogP contribution in [-0.4, -0.2) is 25.8 Å². The number of carbonyl (C=O) groups is 1. The van der Waals surface area contributed by atoms with E-state index in [-0.39, 0.29) is 11.9 Å². The lowest BCUT2D eigenvalue weighted by atomic mass is 10.4. The first-order chi connectivity index (χ1) is 5.13. The molecule has 0 radical (unpaired) electrons. The van der Waals surface area contributed by atoms with Crippen LogP contribution in [0, 0.1) is 0 Å². The molecule has 0 saturated carbocycles. The maximum atomic E-state index is 10.5. The van der Waals surface area contributed by atoms with Gasteiger partial charge in [0.05, 0.1) is 0 Å². The lowest BCUT2D eigenvalue weighted by Crippen LogP contribution is -2.10. The minimum atomic E-state index is -1.05. The summed E-state index contributed by atoms with van der Waals surface area (Å²) in [5.74, 6) is -1.06. The molecule has 0 amide bonds. The predicted molar refractivity (Wildman–Crippen MR) is 37.4 cm³/mol. The van der Waals surface area contributed by atoms with Gasteiger partial charge in [-0.05, 0) is 13.8 Å². The van der Waals surface area contributed by atoms with Gasteiger partial charge in [0.15, 0.2) is 0 Å². The molecule has 0 aliphatic carbocycles. The van der Waals surface area contributed by atoms with E-state index in [2.05, 4.69) is 10.2 Å². The molecule has 0 spiro atoms. The smallest absolute Gasteiger partial charge is 0.374 e. The van der Waals surface area contributed by atoms with Crippen LogP contribution in [0.2, 0.25) is 0 Å². The summed E-state index contributed by atoms with van der Waals surface area (Å²) in [5.41, 5.74) is 0. The highest BCUT2D eigenvalue weighted by atomic mass is 16.4. The van der Waals surface area contributed by atoms with E-state index in [1.165, 1.54) is 10.9 Å². The Bertz CT molecular complexity index is 267. The number of rotatable bonds is 2. The van der Waals surface area contributed by atoms with Crippen LogP contribution in [0.4, 0.5) is 0 Å². The fraction of sp³-hybridized carbons (Fsp3) is 0.500. The van der Waals surface area contributed by atoms with E-state index in [4.69, 9.17) is 5.11 Å². The lowest BCUT2D eigenvalue weighted by molar-refractivity contribution is 0.0676. The largest absolute Gasteiger partial charge is 0.475 e. The van der Waals surface area contributed by atoms with Gasteiger partial charge in [0.25, 0.3) is 0 Å². The van der Waals surface area contributed by atoms with E-state index in [1.807, 2.05) is 13.8 Å². The van der Waals surface area contributed by atoms with Crippen LogP contribution >= 0.6 is 0 Å². The molecule has 60 valence electrons. The monoisotopic (exact) mass is 155 g/mol. The summed E-state index contributed by atoms with van der Waals surface area (Å²) in [5, 5.41) is 15.5. The molecule has 5 heteroatoms. The van der Waals surface area contributed by atoms with Gasteiger partial charge >= 0.3 is 5.97 Å². The Morgan fingerprint density at radius 1 is 1.73 bits per heavy atom. The number of aromatic carboxylic acids is 1. The molecule has 1 rings (SSSR count). The van der Waals surface area contributed by atoms with Gasteiger partial charge in [0.2, 0.25) is 5.82 Å². The molecule has 5 nitrogen and oxygen atoms in total. The van der Waals surface area contributed by atoms with Crippen molar-refractivity contribution in [2.24, 2.45) is 0 Å². The van der Waals surface area contributed by atoms with Crippen LogP contribution < -0.4 is 0 Å². The quantitative estimate of drug-likeness (QED) is 0.677. The molecule has 0 atom stereocenters. The Labute approximate surface area is 63.7 Å². The topological polar surface area (TPSA) is 68.0 Å². The Hall–Kier alpha value is -1.39. The fourth-order valence-electron chi connectivity index (χ4n) is 0.774. The fourth-order valence-corrected chi connectivity index (χ4v) is 0.774. The van der Waals surface area contributed by atoms with Crippen molar-refractivity contribution in [1.82, 2.24) is 14.8 Å². The summed E-state index contributed by atoms with van der Waals surface area (Å²) in [6.45, 7) is 3.74. The van der Waals surface area contributed by atoms with E-state index >= 15 is 0 Å². The van der Waals surface area contributed by atoms with Gasteiger partial charge in [-0.25, -0.2) is 4.79 Å². The molecular formula is C6H9N3O2. The van der Waals surface area contributed by atoms with Gasteiger partial charge in [-0.15, -0.1) is 10.2 Å². The number of carboxylic acids is 1. The van der Waals surface area contributed by atoms with Crippen LogP contribution in [0.1, 0.15) is 30.5 Å². The second-order valence-corrected chi connectivity index (χ2v) is 2.46. The van der Waals surface area contributed by atoms with Crippen molar-refractivity contribution >= 4 is 5.97 Å². The van der Waals surface area contributed by atoms with Crippen LogP contribution in [0.3, 0.4) is 0 Å². The van der Waals surface area contributed by atoms with Gasteiger partial charge in [0.1, 0.15) is 6.33 Å². The molecule has 0 unspecified atom stereocenters. The number of carboxylic acid groups (broad SMARTS) is 1. The summed E-state index contributed by atoms with van der Waals surface area (Å²) in [6, 6.07) is 0.0797. The Morgan fingerprint density at radius 2 is 2.36 bits per heavy atom. The molecular weight excluding hydrogens is 146 g/mol. The molecule has 1 N–H and O–H groups in total. The molecule has 0 aliphatic heterocycles. The number of nitrogens with zero attached hydrogens (tertiary/aromatic N) is 3. The minimum absolute atomic E-state index is 0.0139. The molecule has 0 aliphatic rings. The van der Waals surface area contributed by atoms with Gasteiger partial charge in [-0.2, -0.15) is 0 Å². The van der Waals surface area contributed by atoms with Crippen LogP contribution in [-0.2, 0) is 0 Å². The zero-order chi connectivity index (χ0) is 8.43. The first kappa shape index (κ1) is 7.71. The van der Waals surface area contributed by atoms with Crippen molar-refractivity contribution in [3.8, 4) is 0 Å². The maximum absolute atomic E-state index is 10.5. The van der Waals surface area contributed by atoms with Crippen molar-refractivity contribution in [3.63, 3.8) is 0 Å². The average Bonchev–Trinajstić information content (AvgIpc) is 2.32. The van der Waals surface area contributed by atoms with Crippen LogP contribution in [0.5, 0.6) is 0 Å². The van der Waals surface area contributed by atoms with Gasteiger partial charge < -0.3 is 9.67 Å². The van der Waals surface area contributed by atoms with Crippen molar-refractivity contribution < 1.29 is 9.90 Å². The molecule has 1 heterocycles. The standard InChI is InChI=1S/C6H9N3O2/c1-4(2)9-3-7-8-5(9)6(10)11/h3-4H,1-2H3,(H,10,11). The van der Waals surface area contributed by atoms with Crippen molar-refractivity contribution in [2.75, 3.05) is 0 Å². The lowest BCUT2D eigenvalue weighted by Gasteiger charge is -2.05. The van der Waals surface area contributed by atoms with E-state index in [0.717, 1.165) is 0 Å². The molecule has 0 fully saturated rings. The second kappa shape index (κ2) is 2.69. The summed E-state index contributed by atoms with van der Waals surface area (Å²) in [4.78, 5) is 10.5. The third-order valence-corrected chi connectivity index (χ3v) is 1.32. The van der Waals surface area contributed by atoms with Crippen molar-refractivity contribution in [3.05, 3.63) is 12.2 Å². The highest BCUT2D eigenvalue weighted by Crippen LogP contribution is 2.05. The van der Waals surface area contributed by atoms with E-state index in [0.29, 0.717) is 0 Å². The third-order valence-electron chi connectivity index (χ3n) is 1.32. The Morgan fingerprint density at radius 3 is 2.73 bits per heavy atom. The van der Waals surface area contributed by atoms with Gasteiger partial charge in [-0.3, -0.25) is 0 Å². The molecule has 11 heavy (non-hydrogen) atoms. The number of hydrogen-bond acceptors (Lipinski definition) is 3. The van der Waals surface area contributed by atoms with E-state index in [1.54, 1.807) is 0 Å². The van der Waals surface area contributed by atoms with Gasteiger partial charge in [0, 0.05) is 6.04 Å². The summed E-state index contributed by atoms with van der Waals surface area (Å²) in [6.07, 6.45) is 1.41. The first-order valence-corrected chi connectivity index (χ1v) is 3.25. The molecule has 0 bridgehead atoms. The Kier molecular flexibility index (Phi) is 1.89. The zero-order valence-electron chi connectivity index (χ0n) is 6.35. The molecule has 0 aromatic carbocycles. The Balaban J connectivity index is 3.06. The van der Waals surface area contributed by atoms with Crippen molar-refractivity contribution in [2.45, 2.75) is 19.9 Å². The zero-order valence-corrected chi connectivity index (χ0v) is 6.35.